The molecule has 0 radical (unpaired) electrons. The molecule has 1 heterocycles. The van der Waals surface area contributed by atoms with E-state index < -0.39 is 5.97 Å². The molecule has 6 heteroatoms. The van der Waals surface area contributed by atoms with Gasteiger partial charge in [-0.15, -0.1) is 0 Å². The van der Waals surface area contributed by atoms with E-state index in [4.69, 9.17) is 9.47 Å². The first-order chi connectivity index (χ1) is 10.1. The fraction of sp³-hybridized carbons (Fsp3) is 0.467. The predicted molar refractivity (Wildman–Crippen MR) is 78.7 cm³/mol. The predicted octanol–water partition coefficient (Wildman–Crippen LogP) is 2.10. The maximum Gasteiger partial charge on any atom is 0.337 e. The summed E-state index contributed by atoms with van der Waals surface area (Å²) in [4.78, 5) is 15.8. The van der Waals surface area contributed by atoms with Crippen LogP contribution in [0.25, 0.3) is 11.0 Å². The molecule has 0 saturated carbocycles. The lowest BCUT2D eigenvalue weighted by Crippen LogP contribution is -2.09. The summed E-state index contributed by atoms with van der Waals surface area (Å²) in [5.74, 6) is -0.117. The van der Waals surface area contributed by atoms with Crippen LogP contribution in [0.4, 0.5) is 0 Å². The normalized spacial score (nSPS) is 11.1. The smallest absolute Gasteiger partial charge is 0.337 e. The molecule has 0 aliphatic carbocycles. The number of imidazole rings is 1. The molecule has 114 valence electrons. The van der Waals surface area contributed by atoms with Crippen LogP contribution in [0.5, 0.6) is 0 Å². The Morgan fingerprint density at radius 1 is 1.33 bits per heavy atom. The summed E-state index contributed by atoms with van der Waals surface area (Å²) < 4.78 is 12.3. The van der Waals surface area contributed by atoms with Crippen LogP contribution >= 0.6 is 0 Å². The SMILES string of the molecule is COCCOCCCn1c(C)nc2cccc(C(=O)O)c21. The Hall–Kier alpha value is -1.92. The standard InChI is InChI=1S/C15H20N2O4/c1-11-16-13-6-3-5-12(15(18)19)14(13)17(11)7-4-8-21-10-9-20-2/h3,5-6H,4,7-10H2,1-2H3,(H,18,19). The fourth-order valence-corrected chi connectivity index (χ4v) is 2.32. The highest BCUT2D eigenvalue weighted by Crippen LogP contribution is 2.21. The molecule has 0 aliphatic heterocycles. The average molecular weight is 292 g/mol. The van der Waals surface area contributed by atoms with Gasteiger partial charge in [-0.2, -0.15) is 0 Å². The number of rotatable bonds is 8. The van der Waals surface area contributed by atoms with Crippen LogP contribution in [0.15, 0.2) is 18.2 Å². The van der Waals surface area contributed by atoms with Gasteiger partial charge in [-0.25, -0.2) is 9.78 Å². The average Bonchev–Trinajstić information content (AvgIpc) is 2.78. The highest BCUT2D eigenvalue weighted by molar-refractivity contribution is 6.01. The first-order valence-corrected chi connectivity index (χ1v) is 6.91. The molecule has 1 N–H and O–H groups in total. The van der Waals surface area contributed by atoms with Gasteiger partial charge in [-0.05, 0) is 25.5 Å². The number of nitrogens with zero attached hydrogens (tertiary/aromatic N) is 2. The van der Waals surface area contributed by atoms with Gasteiger partial charge >= 0.3 is 5.97 Å². The number of aromatic carboxylic acids is 1. The number of aromatic nitrogens is 2. The highest BCUT2D eigenvalue weighted by atomic mass is 16.5. The Balaban J connectivity index is 2.12. The van der Waals surface area contributed by atoms with Crippen LogP contribution in [0.1, 0.15) is 22.6 Å². The van der Waals surface area contributed by atoms with Gasteiger partial charge in [-0.3, -0.25) is 0 Å². The van der Waals surface area contributed by atoms with Crippen LogP contribution in [0, 0.1) is 6.92 Å². The fourth-order valence-electron chi connectivity index (χ4n) is 2.32. The molecule has 0 unspecified atom stereocenters. The molecular formula is C15H20N2O4. The van der Waals surface area contributed by atoms with Gasteiger partial charge in [0.15, 0.2) is 0 Å². The maximum absolute atomic E-state index is 11.3. The molecule has 0 saturated heterocycles. The number of fused-ring (bicyclic) bond motifs is 1. The first kappa shape index (κ1) is 15.5. The Bertz CT molecular complexity index is 621. The summed E-state index contributed by atoms with van der Waals surface area (Å²) in [6.07, 6.45) is 0.796. The van der Waals surface area contributed by atoms with E-state index in [1.165, 1.54) is 0 Å². The topological polar surface area (TPSA) is 73.6 Å². The van der Waals surface area contributed by atoms with Crippen molar-refractivity contribution in [3.8, 4) is 0 Å². The van der Waals surface area contributed by atoms with E-state index in [0.29, 0.717) is 37.4 Å². The minimum absolute atomic E-state index is 0.286. The third-order valence-electron chi connectivity index (χ3n) is 3.29. The van der Waals surface area contributed by atoms with Crippen molar-refractivity contribution in [2.75, 3.05) is 26.9 Å². The van der Waals surface area contributed by atoms with Gasteiger partial charge in [0.2, 0.25) is 0 Å². The number of carbonyl (C=O) groups is 1. The Labute approximate surface area is 123 Å². The van der Waals surface area contributed by atoms with Gasteiger partial charge in [-0.1, -0.05) is 6.07 Å². The summed E-state index contributed by atoms with van der Waals surface area (Å²) in [6.45, 7) is 4.32. The molecule has 2 aromatic rings. The molecule has 0 atom stereocenters. The van der Waals surface area contributed by atoms with Crippen molar-refractivity contribution in [2.45, 2.75) is 19.9 Å². The minimum atomic E-state index is -0.932. The van der Waals surface area contributed by atoms with Crippen molar-refractivity contribution in [2.24, 2.45) is 0 Å². The van der Waals surface area contributed by atoms with Gasteiger partial charge in [0.25, 0.3) is 0 Å². The summed E-state index contributed by atoms with van der Waals surface area (Å²) in [5.41, 5.74) is 1.68. The molecule has 2 rings (SSSR count). The van der Waals surface area contributed by atoms with Crippen molar-refractivity contribution in [1.82, 2.24) is 9.55 Å². The molecule has 1 aromatic heterocycles. The second-order valence-corrected chi connectivity index (χ2v) is 4.75. The Morgan fingerprint density at radius 3 is 2.86 bits per heavy atom. The van der Waals surface area contributed by atoms with Crippen molar-refractivity contribution in [3.05, 3.63) is 29.6 Å². The third-order valence-corrected chi connectivity index (χ3v) is 3.29. The number of methoxy groups -OCH3 is 1. The largest absolute Gasteiger partial charge is 0.478 e. The third kappa shape index (κ3) is 3.59. The van der Waals surface area contributed by atoms with E-state index in [0.717, 1.165) is 12.2 Å². The second kappa shape index (κ2) is 7.19. The number of ether oxygens (including phenoxy) is 2. The zero-order valence-corrected chi connectivity index (χ0v) is 12.3. The number of benzene rings is 1. The molecule has 0 fully saturated rings. The number of aryl methyl sites for hydroxylation is 2. The van der Waals surface area contributed by atoms with Crippen molar-refractivity contribution in [1.29, 1.82) is 0 Å². The van der Waals surface area contributed by atoms with Crippen molar-refractivity contribution in [3.63, 3.8) is 0 Å². The lowest BCUT2D eigenvalue weighted by atomic mass is 10.2. The molecule has 0 amide bonds. The van der Waals surface area contributed by atoms with Crippen molar-refractivity contribution < 1.29 is 19.4 Å². The van der Waals surface area contributed by atoms with E-state index in [-0.39, 0.29) is 5.56 Å². The van der Waals surface area contributed by atoms with E-state index in [9.17, 15) is 9.90 Å². The van der Waals surface area contributed by atoms with E-state index >= 15 is 0 Å². The molecule has 0 aliphatic rings. The lowest BCUT2D eigenvalue weighted by Gasteiger charge is -2.09. The molecular weight excluding hydrogens is 272 g/mol. The maximum atomic E-state index is 11.3. The van der Waals surface area contributed by atoms with Crippen LogP contribution in [-0.4, -0.2) is 47.6 Å². The van der Waals surface area contributed by atoms with Gasteiger partial charge in [0.05, 0.1) is 29.8 Å². The molecule has 0 bridgehead atoms. The summed E-state index contributed by atoms with van der Waals surface area (Å²) in [5, 5.41) is 9.31. The molecule has 0 spiro atoms. The minimum Gasteiger partial charge on any atom is -0.478 e. The van der Waals surface area contributed by atoms with Crippen LogP contribution in [-0.2, 0) is 16.0 Å². The van der Waals surface area contributed by atoms with Crippen molar-refractivity contribution >= 4 is 17.0 Å². The lowest BCUT2D eigenvalue weighted by molar-refractivity contribution is 0.0680. The van der Waals surface area contributed by atoms with E-state index in [1.54, 1.807) is 19.2 Å². The summed E-state index contributed by atoms with van der Waals surface area (Å²) in [6, 6.07) is 5.16. The number of para-hydroxylation sites is 1. The highest BCUT2D eigenvalue weighted by Gasteiger charge is 2.15. The monoisotopic (exact) mass is 292 g/mol. The molecule has 21 heavy (non-hydrogen) atoms. The zero-order chi connectivity index (χ0) is 15.2. The van der Waals surface area contributed by atoms with Crippen LogP contribution in [0.3, 0.4) is 0 Å². The second-order valence-electron chi connectivity index (χ2n) is 4.75. The Morgan fingerprint density at radius 2 is 2.14 bits per heavy atom. The molecule has 6 nitrogen and oxygen atoms in total. The van der Waals surface area contributed by atoms with E-state index in [2.05, 4.69) is 4.98 Å². The number of hydrogen-bond donors (Lipinski definition) is 1. The van der Waals surface area contributed by atoms with Crippen LogP contribution < -0.4 is 0 Å². The quantitative estimate of drug-likeness (QED) is 0.754. The van der Waals surface area contributed by atoms with Crippen LogP contribution in [0.2, 0.25) is 0 Å². The summed E-state index contributed by atoms with van der Waals surface area (Å²) in [7, 11) is 1.64. The van der Waals surface area contributed by atoms with Gasteiger partial charge < -0.3 is 19.1 Å². The zero-order valence-electron chi connectivity index (χ0n) is 12.3. The van der Waals surface area contributed by atoms with Gasteiger partial charge in [0, 0.05) is 20.3 Å². The molecule has 1 aromatic carbocycles. The number of carboxylic acids is 1. The van der Waals surface area contributed by atoms with E-state index in [1.807, 2.05) is 17.6 Å². The number of hydrogen-bond acceptors (Lipinski definition) is 4. The summed E-state index contributed by atoms with van der Waals surface area (Å²) >= 11 is 0. The number of carboxylic acid groups (broad SMARTS) is 1. The first-order valence-electron chi connectivity index (χ1n) is 6.91. The van der Waals surface area contributed by atoms with Gasteiger partial charge in [0.1, 0.15) is 5.82 Å². The Kier molecular flexibility index (Phi) is 5.30.